The summed E-state index contributed by atoms with van der Waals surface area (Å²) in [6.07, 6.45) is 2.09. The lowest BCUT2D eigenvalue weighted by Crippen LogP contribution is -2.34. The predicted molar refractivity (Wildman–Crippen MR) is 81.4 cm³/mol. The molecule has 0 saturated heterocycles. The molecule has 0 fully saturated rings. The summed E-state index contributed by atoms with van der Waals surface area (Å²) in [4.78, 5) is 12.2. The molecule has 0 unspecified atom stereocenters. The lowest BCUT2D eigenvalue weighted by Gasteiger charge is -2.20. The average molecular weight is 287 g/mol. The summed E-state index contributed by atoms with van der Waals surface area (Å²) in [5.41, 5.74) is 0. The second kappa shape index (κ2) is 10.5. The Balaban J connectivity index is 4.82. The van der Waals surface area contributed by atoms with Gasteiger partial charge in [0.1, 0.15) is 0 Å². The molecular formula is C12H25N3O3Si. The summed E-state index contributed by atoms with van der Waals surface area (Å²) >= 11 is 0. The van der Waals surface area contributed by atoms with Gasteiger partial charge in [0.2, 0.25) is 0 Å². The van der Waals surface area contributed by atoms with E-state index in [0.29, 0.717) is 37.0 Å². The second-order valence-electron chi connectivity index (χ2n) is 3.55. The van der Waals surface area contributed by atoms with Crippen molar-refractivity contribution >= 4 is 27.2 Å². The molecule has 0 rings (SSSR count). The highest BCUT2D eigenvalue weighted by Gasteiger charge is 2.25. The number of hydrogen-bond acceptors (Lipinski definition) is 6. The molecule has 0 spiro atoms. The van der Waals surface area contributed by atoms with Crippen LogP contribution in [0.15, 0.2) is 15.0 Å². The highest BCUT2D eigenvalue weighted by atomic mass is 28.3. The molecule has 0 aromatic carbocycles. The van der Waals surface area contributed by atoms with Crippen LogP contribution in [0.3, 0.4) is 0 Å². The first-order valence-corrected chi connectivity index (χ1v) is 7.93. The molecule has 0 aromatic rings. The molecule has 7 heteroatoms. The van der Waals surface area contributed by atoms with Crippen molar-refractivity contribution in [3.63, 3.8) is 0 Å². The van der Waals surface area contributed by atoms with E-state index in [1.165, 1.54) is 0 Å². The summed E-state index contributed by atoms with van der Waals surface area (Å²) in [6, 6.07) is 0. The predicted octanol–water partition coefficient (Wildman–Crippen LogP) is 2.07. The van der Waals surface area contributed by atoms with E-state index in [-0.39, 0.29) is 0 Å². The summed E-state index contributed by atoms with van der Waals surface area (Å²) in [5, 5.41) is 0. The van der Waals surface area contributed by atoms with Crippen LogP contribution in [0.4, 0.5) is 0 Å². The van der Waals surface area contributed by atoms with Crippen LogP contribution in [0.2, 0.25) is 0 Å². The quantitative estimate of drug-likeness (QED) is 0.427. The van der Waals surface area contributed by atoms with Crippen LogP contribution >= 0.6 is 0 Å². The Morgan fingerprint density at radius 1 is 0.684 bits per heavy atom. The first-order chi connectivity index (χ1) is 9.14. The zero-order chi connectivity index (χ0) is 14.7. The van der Waals surface area contributed by atoms with Crippen molar-refractivity contribution in [3.8, 4) is 0 Å². The molecule has 19 heavy (non-hydrogen) atoms. The molecule has 0 saturated carbocycles. The molecule has 0 radical (unpaired) electrons. The van der Waals surface area contributed by atoms with Crippen molar-refractivity contribution in [1.82, 2.24) is 0 Å². The maximum absolute atomic E-state index is 5.70. The minimum absolute atomic E-state index is 0.620. The highest BCUT2D eigenvalue weighted by Crippen LogP contribution is 2.03. The summed E-state index contributed by atoms with van der Waals surface area (Å²) in [6.45, 7) is 5.91. The molecule has 0 aliphatic carbocycles. The molecule has 0 heterocycles. The van der Waals surface area contributed by atoms with Crippen molar-refractivity contribution in [2.45, 2.75) is 40.0 Å². The highest BCUT2D eigenvalue weighted by molar-refractivity contribution is 6.44. The third-order valence-corrected chi connectivity index (χ3v) is 3.75. The van der Waals surface area contributed by atoms with Crippen LogP contribution in [-0.4, -0.2) is 48.4 Å². The number of rotatable bonds is 6. The van der Waals surface area contributed by atoms with Crippen molar-refractivity contribution in [2.24, 2.45) is 15.0 Å². The molecule has 0 aliphatic rings. The lowest BCUT2D eigenvalue weighted by atomic mass is 10.5. The van der Waals surface area contributed by atoms with Crippen LogP contribution in [0.1, 0.15) is 40.0 Å². The minimum Gasteiger partial charge on any atom is -0.474 e. The van der Waals surface area contributed by atoms with E-state index in [4.69, 9.17) is 13.3 Å². The SMILES string of the molecule is CCC(=NC)O[SiH](OC(CC)=NC)OC(CC)=NC. The first kappa shape index (κ1) is 17.6. The zero-order valence-corrected chi connectivity index (χ0v) is 13.9. The monoisotopic (exact) mass is 287 g/mol. The molecule has 0 aromatic heterocycles. The Morgan fingerprint density at radius 2 is 0.947 bits per heavy atom. The van der Waals surface area contributed by atoms with E-state index in [0.717, 1.165) is 0 Å². The van der Waals surface area contributed by atoms with Crippen molar-refractivity contribution in [2.75, 3.05) is 21.1 Å². The fourth-order valence-corrected chi connectivity index (χ4v) is 2.91. The Labute approximate surface area is 117 Å². The Morgan fingerprint density at radius 3 is 1.11 bits per heavy atom. The fraction of sp³-hybridized carbons (Fsp3) is 0.750. The third-order valence-electron chi connectivity index (χ3n) is 2.35. The van der Waals surface area contributed by atoms with Gasteiger partial charge in [0.15, 0.2) is 17.7 Å². The molecule has 0 aliphatic heterocycles. The largest absolute Gasteiger partial charge is 0.685 e. The zero-order valence-electron chi connectivity index (χ0n) is 12.8. The van der Waals surface area contributed by atoms with Gasteiger partial charge < -0.3 is 13.3 Å². The molecule has 0 atom stereocenters. The number of hydrogen-bond donors (Lipinski definition) is 0. The van der Waals surface area contributed by atoms with Gasteiger partial charge in [0.05, 0.1) is 0 Å². The Bertz CT molecular complexity index is 291. The van der Waals surface area contributed by atoms with Crippen molar-refractivity contribution < 1.29 is 13.3 Å². The molecule has 0 N–H and O–H groups in total. The Hall–Kier alpha value is -1.37. The van der Waals surface area contributed by atoms with Gasteiger partial charge in [-0.25, -0.2) is 0 Å². The van der Waals surface area contributed by atoms with Gasteiger partial charge in [0.25, 0.3) is 0 Å². The molecule has 6 nitrogen and oxygen atoms in total. The third kappa shape index (κ3) is 6.95. The standard InChI is InChI=1S/C12H25N3O3Si/c1-7-10(13-4)16-19(17-11(8-2)14-5)18-12(9-3)15-6/h19H,7-9H2,1-6H3. The van der Waals surface area contributed by atoms with Crippen molar-refractivity contribution in [3.05, 3.63) is 0 Å². The minimum atomic E-state index is -2.41. The molecular weight excluding hydrogens is 262 g/mol. The van der Waals surface area contributed by atoms with Gasteiger partial charge in [0, 0.05) is 40.4 Å². The fourth-order valence-electron chi connectivity index (χ4n) is 1.29. The van der Waals surface area contributed by atoms with Crippen LogP contribution in [-0.2, 0) is 13.3 Å². The van der Waals surface area contributed by atoms with E-state index in [9.17, 15) is 0 Å². The maximum Gasteiger partial charge on any atom is 0.685 e. The van der Waals surface area contributed by atoms with Crippen LogP contribution in [0, 0.1) is 0 Å². The number of nitrogens with zero attached hydrogens (tertiary/aromatic N) is 3. The molecule has 0 bridgehead atoms. The normalized spacial score (nSPS) is 15.2. The summed E-state index contributed by atoms with van der Waals surface area (Å²) < 4.78 is 17.1. The van der Waals surface area contributed by atoms with Gasteiger partial charge in [-0.3, -0.25) is 15.0 Å². The van der Waals surface area contributed by atoms with E-state index in [1.54, 1.807) is 21.1 Å². The van der Waals surface area contributed by atoms with E-state index >= 15 is 0 Å². The van der Waals surface area contributed by atoms with Gasteiger partial charge in [-0.05, 0) is 0 Å². The molecule has 110 valence electrons. The summed E-state index contributed by atoms with van der Waals surface area (Å²) in [7, 11) is 2.66. The van der Waals surface area contributed by atoms with Crippen molar-refractivity contribution in [1.29, 1.82) is 0 Å². The summed E-state index contributed by atoms with van der Waals surface area (Å²) in [5.74, 6) is 1.86. The number of aliphatic imine (C=N–C) groups is 3. The van der Waals surface area contributed by atoms with Gasteiger partial charge in [-0.1, -0.05) is 20.8 Å². The van der Waals surface area contributed by atoms with E-state index in [1.807, 2.05) is 20.8 Å². The van der Waals surface area contributed by atoms with E-state index < -0.39 is 9.53 Å². The van der Waals surface area contributed by atoms with Gasteiger partial charge >= 0.3 is 9.53 Å². The topological polar surface area (TPSA) is 64.8 Å². The van der Waals surface area contributed by atoms with Gasteiger partial charge in [-0.15, -0.1) is 0 Å². The van der Waals surface area contributed by atoms with Crippen LogP contribution < -0.4 is 0 Å². The van der Waals surface area contributed by atoms with Gasteiger partial charge in [-0.2, -0.15) is 0 Å². The lowest BCUT2D eigenvalue weighted by molar-refractivity contribution is 0.281. The Kier molecular flexibility index (Phi) is 9.78. The average Bonchev–Trinajstić information content (AvgIpc) is 2.46. The van der Waals surface area contributed by atoms with Crippen LogP contribution in [0.25, 0.3) is 0 Å². The second-order valence-corrected chi connectivity index (χ2v) is 4.84. The smallest absolute Gasteiger partial charge is 0.474 e. The maximum atomic E-state index is 5.70. The first-order valence-electron chi connectivity index (χ1n) is 6.51. The van der Waals surface area contributed by atoms with E-state index in [2.05, 4.69) is 15.0 Å². The van der Waals surface area contributed by atoms with Crippen LogP contribution in [0.5, 0.6) is 0 Å². The molecule has 0 amide bonds.